The molecule has 0 bridgehead atoms. The molecule has 0 aliphatic carbocycles. The summed E-state index contributed by atoms with van der Waals surface area (Å²) in [5.41, 5.74) is 2.64. The van der Waals surface area contributed by atoms with Crippen molar-refractivity contribution in [1.29, 1.82) is 0 Å². The lowest BCUT2D eigenvalue weighted by molar-refractivity contribution is -0.147. The summed E-state index contributed by atoms with van der Waals surface area (Å²) in [5, 5.41) is 2.57. The molecule has 1 aliphatic heterocycles. The highest BCUT2D eigenvalue weighted by atomic mass is 16.2. The molecule has 6 heteroatoms. The molecule has 3 rings (SSSR count). The van der Waals surface area contributed by atoms with Crippen LogP contribution in [0.5, 0.6) is 0 Å². The van der Waals surface area contributed by atoms with Crippen molar-refractivity contribution < 1.29 is 14.4 Å². The molecule has 1 heterocycles. The van der Waals surface area contributed by atoms with Crippen LogP contribution in [0.3, 0.4) is 0 Å². The minimum atomic E-state index is -0.678. The first-order valence-electron chi connectivity index (χ1n) is 10.7. The van der Waals surface area contributed by atoms with Gasteiger partial charge in [0.1, 0.15) is 0 Å². The van der Waals surface area contributed by atoms with Gasteiger partial charge in [-0.05, 0) is 36.0 Å². The molecule has 1 N–H and O–H groups in total. The number of nitrogens with one attached hydrogen (secondary N) is 1. The second-order valence-corrected chi connectivity index (χ2v) is 8.55. The molecule has 0 aromatic heterocycles. The van der Waals surface area contributed by atoms with E-state index in [1.807, 2.05) is 24.3 Å². The monoisotopic (exact) mass is 421 g/mol. The van der Waals surface area contributed by atoms with E-state index in [-0.39, 0.29) is 24.3 Å². The Morgan fingerprint density at radius 2 is 1.74 bits per heavy atom. The van der Waals surface area contributed by atoms with Crippen LogP contribution in [0.1, 0.15) is 25.3 Å². The predicted molar refractivity (Wildman–Crippen MR) is 121 cm³/mol. The van der Waals surface area contributed by atoms with E-state index < -0.39 is 5.41 Å². The second-order valence-electron chi connectivity index (χ2n) is 8.55. The maximum Gasteiger partial charge on any atom is 0.241 e. The van der Waals surface area contributed by atoms with Gasteiger partial charge in [0.25, 0.3) is 0 Å². The fourth-order valence-corrected chi connectivity index (χ4v) is 4.41. The van der Waals surface area contributed by atoms with Crippen LogP contribution in [0.15, 0.2) is 54.6 Å². The Morgan fingerprint density at radius 1 is 1.03 bits per heavy atom. The highest BCUT2D eigenvalue weighted by Gasteiger charge is 2.44. The maximum atomic E-state index is 13.3. The Balaban J connectivity index is 1.87. The van der Waals surface area contributed by atoms with Crippen LogP contribution in [-0.2, 0) is 20.8 Å². The number of nitrogens with zero attached hydrogens (tertiary/aromatic N) is 2. The lowest BCUT2D eigenvalue weighted by Crippen LogP contribution is -2.55. The van der Waals surface area contributed by atoms with Gasteiger partial charge in [0.05, 0.1) is 12.0 Å². The third kappa shape index (κ3) is 5.51. The van der Waals surface area contributed by atoms with Crippen LogP contribution in [0.4, 0.5) is 0 Å². The molecular formula is C25H31N3O3. The van der Waals surface area contributed by atoms with E-state index in [0.717, 1.165) is 29.5 Å². The summed E-state index contributed by atoms with van der Waals surface area (Å²) in [6, 6.07) is 18.4. The Kier molecular flexibility index (Phi) is 7.10. The highest BCUT2D eigenvalue weighted by Crippen LogP contribution is 2.36. The summed E-state index contributed by atoms with van der Waals surface area (Å²) in [6.45, 7) is 2.32. The molecule has 2 aromatic carbocycles. The zero-order valence-electron chi connectivity index (χ0n) is 18.6. The average molecular weight is 422 g/mol. The van der Waals surface area contributed by atoms with Crippen molar-refractivity contribution in [3.63, 3.8) is 0 Å². The van der Waals surface area contributed by atoms with E-state index in [0.29, 0.717) is 19.5 Å². The summed E-state index contributed by atoms with van der Waals surface area (Å²) in [6.07, 6.45) is 2.04. The average Bonchev–Trinajstić information content (AvgIpc) is 2.77. The van der Waals surface area contributed by atoms with Crippen LogP contribution < -0.4 is 5.32 Å². The molecule has 0 spiro atoms. The van der Waals surface area contributed by atoms with Crippen molar-refractivity contribution in [2.45, 2.75) is 26.2 Å². The first-order chi connectivity index (χ1) is 14.8. The van der Waals surface area contributed by atoms with E-state index in [1.54, 1.807) is 23.9 Å². The third-order valence-electron chi connectivity index (χ3n) is 5.85. The zero-order chi connectivity index (χ0) is 22.4. The van der Waals surface area contributed by atoms with Gasteiger partial charge >= 0.3 is 0 Å². The Bertz CT molecular complexity index is 942. The van der Waals surface area contributed by atoms with Crippen molar-refractivity contribution in [2.75, 3.05) is 33.7 Å². The van der Waals surface area contributed by atoms with E-state index in [4.69, 9.17) is 0 Å². The fourth-order valence-electron chi connectivity index (χ4n) is 4.41. The van der Waals surface area contributed by atoms with Crippen molar-refractivity contribution in [1.82, 2.24) is 15.1 Å². The third-order valence-corrected chi connectivity index (χ3v) is 5.85. The highest BCUT2D eigenvalue weighted by molar-refractivity contribution is 5.86. The van der Waals surface area contributed by atoms with E-state index >= 15 is 0 Å². The molecule has 2 aromatic rings. The van der Waals surface area contributed by atoms with Crippen LogP contribution in [0, 0.1) is 5.41 Å². The molecule has 0 saturated carbocycles. The van der Waals surface area contributed by atoms with Gasteiger partial charge in [-0.1, -0.05) is 54.6 Å². The van der Waals surface area contributed by atoms with Crippen molar-refractivity contribution in [3.05, 3.63) is 60.2 Å². The fraction of sp³-hybridized carbons (Fsp3) is 0.400. The number of carbonyl (C=O) groups excluding carboxylic acids is 3. The molecule has 1 saturated heterocycles. The second kappa shape index (κ2) is 9.77. The van der Waals surface area contributed by atoms with E-state index in [1.165, 1.54) is 6.92 Å². The first-order valence-corrected chi connectivity index (χ1v) is 10.7. The largest absolute Gasteiger partial charge is 0.348 e. The molecule has 1 unspecified atom stereocenters. The summed E-state index contributed by atoms with van der Waals surface area (Å²) < 4.78 is 0. The summed E-state index contributed by atoms with van der Waals surface area (Å²) in [5.74, 6) is -0.350. The van der Waals surface area contributed by atoms with Crippen molar-refractivity contribution in [3.8, 4) is 11.1 Å². The summed E-state index contributed by atoms with van der Waals surface area (Å²) in [7, 11) is 3.53. The van der Waals surface area contributed by atoms with E-state index in [9.17, 15) is 14.4 Å². The number of carbonyl (C=O) groups is 3. The molecule has 6 nitrogen and oxygen atoms in total. The summed E-state index contributed by atoms with van der Waals surface area (Å²) in [4.78, 5) is 40.5. The molecule has 3 amide bonds. The lowest BCUT2D eigenvalue weighted by Gasteiger charge is -2.43. The Morgan fingerprint density at radius 3 is 2.42 bits per heavy atom. The van der Waals surface area contributed by atoms with Crippen LogP contribution in [0.25, 0.3) is 11.1 Å². The van der Waals surface area contributed by atoms with Gasteiger partial charge < -0.3 is 15.1 Å². The summed E-state index contributed by atoms with van der Waals surface area (Å²) >= 11 is 0. The smallest absolute Gasteiger partial charge is 0.241 e. The van der Waals surface area contributed by atoms with Gasteiger partial charge in [0.15, 0.2) is 0 Å². The van der Waals surface area contributed by atoms with Crippen LogP contribution in [-0.4, -0.2) is 61.3 Å². The number of piperidine rings is 1. The number of amides is 3. The standard InChI is InChI=1S/C25H31N3O3/c1-19(29)26-17-23(30)28-14-8-13-25(18-28,24(31)27(2)3)16-20-9-7-12-22(15-20)21-10-5-4-6-11-21/h4-7,9-12,15H,8,13-14,16-18H2,1-3H3,(H,26,29). The number of hydrogen-bond donors (Lipinski definition) is 1. The molecule has 1 aliphatic rings. The van der Waals surface area contributed by atoms with Gasteiger partial charge in [-0.2, -0.15) is 0 Å². The maximum absolute atomic E-state index is 13.3. The van der Waals surface area contributed by atoms with Gasteiger partial charge in [-0.25, -0.2) is 0 Å². The lowest BCUT2D eigenvalue weighted by atomic mass is 9.73. The van der Waals surface area contributed by atoms with Crippen molar-refractivity contribution >= 4 is 17.7 Å². The quantitative estimate of drug-likeness (QED) is 0.780. The van der Waals surface area contributed by atoms with Crippen LogP contribution >= 0.6 is 0 Å². The van der Waals surface area contributed by atoms with Gasteiger partial charge in [-0.15, -0.1) is 0 Å². The number of likely N-dealkylation sites (tertiary alicyclic amines) is 1. The number of rotatable bonds is 6. The SMILES string of the molecule is CC(=O)NCC(=O)N1CCCC(Cc2cccc(-c3ccccc3)c2)(C(=O)N(C)C)C1. The van der Waals surface area contributed by atoms with Crippen LogP contribution in [0.2, 0.25) is 0 Å². The normalized spacial score (nSPS) is 18.4. The molecular weight excluding hydrogens is 390 g/mol. The molecule has 164 valence electrons. The van der Waals surface area contributed by atoms with Gasteiger partial charge in [0.2, 0.25) is 17.7 Å². The molecule has 31 heavy (non-hydrogen) atoms. The molecule has 1 atom stereocenters. The molecule has 0 radical (unpaired) electrons. The van der Waals surface area contributed by atoms with E-state index in [2.05, 4.69) is 35.6 Å². The zero-order valence-corrected chi connectivity index (χ0v) is 18.6. The minimum absolute atomic E-state index is 0.0366. The Labute approximate surface area is 184 Å². The van der Waals surface area contributed by atoms with Gasteiger partial charge in [-0.3, -0.25) is 14.4 Å². The Hall–Kier alpha value is -3.15. The van der Waals surface area contributed by atoms with Gasteiger partial charge in [0, 0.05) is 34.1 Å². The molecule has 1 fully saturated rings. The number of hydrogen-bond acceptors (Lipinski definition) is 3. The topological polar surface area (TPSA) is 69.7 Å². The first kappa shape index (κ1) is 22.5. The van der Waals surface area contributed by atoms with Crippen molar-refractivity contribution in [2.24, 2.45) is 5.41 Å². The number of benzene rings is 2. The predicted octanol–water partition coefficient (Wildman–Crippen LogP) is 2.73. The minimum Gasteiger partial charge on any atom is -0.348 e.